The van der Waals surface area contributed by atoms with Crippen LogP contribution in [0.15, 0.2) is 72.9 Å². The Morgan fingerprint density at radius 1 is 0.610 bits per heavy atom. The highest BCUT2D eigenvalue weighted by Crippen LogP contribution is 2.43. The Balaban J connectivity index is 4.53. The Morgan fingerprint density at radius 2 is 1.12 bits per heavy atom. The number of phosphoric ester groups is 1. The van der Waals surface area contributed by atoms with E-state index in [9.17, 15) is 28.9 Å². The van der Waals surface area contributed by atoms with Gasteiger partial charge in [-0.25, -0.2) is 4.57 Å². The van der Waals surface area contributed by atoms with Crippen molar-refractivity contribution in [1.82, 2.24) is 0 Å². The number of aliphatic hydroxyl groups excluding tert-OH is 1. The molecule has 13 heteroatoms. The van der Waals surface area contributed by atoms with E-state index in [1.165, 1.54) is 44.9 Å². The maximum absolute atomic E-state index is 12.6. The first-order chi connectivity index (χ1) is 28.5. The number of nitrogens with two attached hydrogens (primary N) is 1. The van der Waals surface area contributed by atoms with Crippen molar-refractivity contribution in [2.75, 3.05) is 19.8 Å². The van der Waals surface area contributed by atoms with E-state index >= 15 is 0 Å². The topological polar surface area (TPSA) is 192 Å². The van der Waals surface area contributed by atoms with Gasteiger partial charge in [0.15, 0.2) is 6.10 Å². The van der Waals surface area contributed by atoms with Gasteiger partial charge in [-0.1, -0.05) is 145 Å². The molecule has 0 aromatic carbocycles. The lowest BCUT2D eigenvalue weighted by Gasteiger charge is -2.20. The van der Waals surface area contributed by atoms with Gasteiger partial charge in [0.1, 0.15) is 12.6 Å². The molecule has 0 amide bonds. The zero-order valence-corrected chi connectivity index (χ0v) is 37.1. The van der Waals surface area contributed by atoms with Crippen molar-refractivity contribution in [2.45, 2.75) is 180 Å². The zero-order valence-electron chi connectivity index (χ0n) is 36.2. The number of allylic oxidation sites excluding steroid dienone is 10. The lowest BCUT2D eigenvalue weighted by atomic mass is 10.1. The number of ether oxygens (including phenoxy) is 2. The number of phosphoric acid groups is 1. The molecule has 0 aliphatic heterocycles. The Bertz CT molecular complexity index is 1290. The van der Waals surface area contributed by atoms with Gasteiger partial charge in [-0.05, 0) is 77.0 Å². The van der Waals surface area contributed by atoms with Crippen LogP contribution in [0.2, 0.25) is 0 Å². The molecule has 338 valence electrons. The number of hydrogen-bond acceptors (Lipinski definition) is 10. The molecule has 0 rings (SSSR count). The van der Waals surface area contributed by atoms with Crippen molar-refractivity contribution in [3.63, 3.8) is 0 Å². The molecule has 1 unspecified atom stereocenters. The molecule has 59 heavy (non-hydrogen) atoms. The van der Waals surface area contributed by atoms with Crippen LogP contribution in [0.3, 0.4) is 0 Å². The van der Waals surface area contributed by atoms with E-state index < -0.39 is 63.8 Å². The number of aliphatic carboxylic acids is 1. The van der Waals surface area contributed by atoms with Gasteiger partial charge in [0.05, 0.1) is 19.3 Å². The third-order valence-corrected chi connectivity index (χ3v) is 9.96. The number of carbonyl (C=O) groups is 3. The summed E-state index contributed by atoms with van der Waals surface area (Å²) in [6, 6.07) is -1.54. The highest BCUT2D eigenvalue weighted by Gasteiger charge is 2.28. The van der Waals surface area contributed by atoms with E-state index in [1.807, 2.05) is 36.5 Å². The summed E-state index contributed by atoms with van der Waals surface area (Å²) in [6.07, 6.45) is 44.2. The SMILES string of the molecule is CCCCC/C=C\C=C/[C@@H](O)C/C=C\C/C=C/CCCC(=O)OC[C@H](COP(=O)(O)OC[C@H](N)C(=O)O)OC(=O)CCCCCCCCC/C=C\C/C=C\CCCCC. The fourth-order valence-corrected chi connectivity index (χ4v) is 6.24. The van der Waals surface area contributed by atoms with Crippen LogP contribution in [0, 0.1) is 0 Å². The molecule has 5 N–H and O–H groups in total. The quantitative estimate of drug-likeness (QED) is 0.0150. The predicted molar refractivity (Wildman–Crippen MR) is 237 cm³/mol. The summed E-state index contributed by atoms with van der Waals surface area (Å²) in [5.41, 5.74) is 5.33. The molecular formula is C46H78NO11P. The van der Waals surface area contributed by atoms with Crippen LogP contribution in [0.4, 0.5) is 0 Å². The first kappa shape index (κ1) is 55.9. The summed E-state index contributed by atoms with van der Waals surface area (Å²) in [7, 11) is -4.75. The summed E-state index contributed by atoms with van der Waals surface area (Å²) in [4.78, 5) is 46.0. The fourth-order valence-electron chi connectivity index (χ4n) is 5.46. The van der Waals surface area contributed by atoms with Crippen molar-refractivity contribution < 1.29 is 52.6 Å². The standard InChI is InChI=1S/C46H78NO11P/c1-3-5-7-9-11-12-13-14-15-16-17-18-19-20-24-29-33-37-45(50)58-42(39-56-59(53,54)57-40-43(47)46(51)52)38-55-44(49)36-32-28-25-21-23-27-31-35-41(48)34-30-26-22-10-8-6-4-2/h11-12,14-15,21-22,25-27,30-31,34,41-43,48H,3-10,13,16-20,23-24,28-29,32-33,35-40,47H2,1-2H3,(H,51,52)(H,53,54)/b12-11-,15-14-,25-21+,26-22-,31-27-,34-30-/t41-,42-,43+/m1/s1. The number of aliphatic hydroxyl groups is 1. The molecule has 0 aliphatic rings. The van der Waals surface area contributed by atoms with Crippen LogP contribution in [0.5, 0.6) is 0 Å². The Labute approximate surface area is 355 Å². The first-order valence-electron chi connectivity index (χ1n) is 22.1. The van der Waals surface area contributed by atoms with Crippen LogP contribution in [0.1, 0.15) is 162 Å². The van der Waals surface area contributed by atoms with Crippen LogP contribution >= 0.6 is 7.82 Å². The highest BCUT2D eigenvalue weighted by atomic mass is 31.2. The first-order valence-corrected chi connectivity index (χ1v) is 23.6. The monoisotopic (exact) mass is 852 g/mol. The van der Waals surface area contributed by atoms with Crippen LogP contribution < -0.4 is 5.73 Å². The lowest BCUT2D eigenvalue weighted by molar-refractivity contribution is -0.161. The second-order valence-corrected chi connectivity index (χ2v) is 16.1. The van der Waals surface area contributed by atoms with E-state index in [-0.39, 0.29) is 12.8 Å². The molecular weight excluding hydrogens is 773 g/mol. The smallest absolute Gasteiger partial charge is 0.472 e. The number of hydrogen-bond donors (Lipinski definition) is 4. The summed E-state index contributed by atoms with van der Waals surface area (Å²) in [5.74, 6) is -2.52. The van der Waals surface area contributed by atoms with Gasteiger partial charge >= 0.3 is 25.7 Å². The minimum absolute atomic E-state index is 0.107. The Hall–Kier alpha value is -3.12. The van der Waals surface area contributed by atoms with Crippen molar-refractivity contribution in [3.05, 3.63) is 72.9 Å². The van der Waals surface area contributed by atoms with E-state index in [0.717, 1.165) is 57.8 Å². The van der Waals surface area contributed by atoms with Crippen molar-refractivity contribution in [3.8, 4) is 0 Å². The molecule has 0 aromatic rings. The molecule has 0 radical (unpaired) electrons. The molecule has 12 nitrogen and oxygen atoms in total. The Kier molecular flexibility index (Phi) is 38.2. The molecule has 0 fully saturated rings. The van der Waals surface area contributed by atoms with Gasteiger partial charge in [-0.3, -0.25) is 23.4 Å². The molecule has 0 aliphatic carbocycles. The van der Waals surface area contributed by atoms with E-state index in [1.54, 1.807) is 6.08 Å². The second kappa shape index (κ2) is 40.3. The molecule has 0 heterocycles. The van der Waals surface area contributed by atoms with E-state index in [4.69, 9.17) is 24.8 Å². The van der Waals surface area contributed by atoms with Crippen LogP contribution in [0.25, 0.3) is 0 Å². The van der Waals surface area contributed by atoms with Crippen molar-refractivity contribution in [1.29, 1.82) is 0 Å². The van der Waals surface area contributed by atoms with Crippen molar-refractivity contribution >= 4 is 25.7 Å². The summed E-state index contributed by atoms with van der Waals surface area (Å²) >= 11 is 0. The van der Waals surface area contributed by atoms with E-state index in [0.29, 0.717) is 32.1 Å². The van der Waals surface area contributed by atoms with Gasteiger partial charge in [0.2, 0.25) is 0 Å². The maximum Gasteiger partial charge on any atom is 0.472 e. The number of carboxylic acid groups (broad SMARTS) is 1. The maximum atomic E-state index is 12.6. The molecule has 0 bridgehead atoms. The average molecular weight is 852 g/mol. The predicted octanol–water partition coefficient (Wildman–Crippen LogP) is 10.7. The molecule has 0 saturated carbocycles. The van der Waals surface area contributed by atoms with Crippen LogP contribution in [-0.2, 0) is 37.5 Å². The van der Waals surface area contributed by atoms with Gasteiger partial charge in [0.25, 0.3) is 0 Å². The third kappa shape index (κ3) is 40.1. The Morgan fingerprint density at radius 3 is 1.73 bits per heavy atom. The van der Waals surface area contributed by atoms with Crippen molar-refractivity contribution in [2.24, 2.45) is 5.73 Å². The summed E-state index contributed by atoms with van der Waals surface area (Å²) in [6.45, 7) is 2.59. The summed E-state index contributed by atoms with van der Waals surface area (Å²) in [5, 5.41) is 18.9. The molecule has 0 aromatic heterocycles. The molecule has 0 spiro atoms. The number of carboxylic acids is 1. The zero-order chi connectivity index (χ0) is 43.7. The second-order valence-electron chi connectivity index (χ2n) is 14.7. The van der Waals surface area contributed by atoms with E-state index in [2.05, 4.69) is 48.8 Å². The number of rotatable bonds is 40. The summed E-state index contributed by atoms with van der Waals surface area (Å²) < 4.78 is 32.6. The van der Waals surface area contributed by atoms with Crippen LogP contribution in [-0.4, -0.2) is 71.1 Å². The lowest BCUT2D eigenvalue weighted by Crippen LogP contribution is -2.34. The minimum Gasteiger partial charge on any atom is -0.480 e. The fraction of sp³-hybridized carbons (Fsp3) is 0.674. The normalized spacial score (nSPS) is 14.9. The third-order valence-electron chi connectivity index (χ3n) is 9.01. The van der Waals surface area contributed by atoms with Gasteiger partial charge in [0, 0.05) is 12.8 Å². The number of esters is 2. The largest absolute Gasteiger partial charge is 0.480 e. The van der Waals surface area contributed by atoms with Gasteiger partial charge in [-0.2, -0.15) is 0 Å². The van der Waals surface area contributed by atoms with Gasteiger partial charge in [-0.15, -0.1) is 0 Å². The molecule has 4 atom stereocenters. The molecule has 0 saturated heterocycles. The average Bonchev–Trinajstić information content (AvgIpc) is 3.21. The van der Waals surface area contributed by atoms with Gasteiger partial charge < -0.3 is 30.3 Å². The number of carbonyl (C=O) groups excluding carboxylic acids is 2. The number of unbranched alkanes of at least 4 members (excludes halogenated alkanes) is 14. The minimum atomic E-state index is -4.75. The highest BCUT2D eigenvalue weighted by molar-refractivity contribution is 7.47.